The van der Waals surface area contributed by atoms with Crippen LogP contribution in [0.3, 0.4) is 0 Å². The fourth-order valence-electron chi connectivity index (χ4n) is 3.14. The Balaban J connectivity index is 1.79. The van der Waals surface area contributed by atoms with Crippen molar-refractivity contribution in [3.63, 3.8) is 0 Å². The second kappa shape index (κ2) is 11.8. The molecule has 180 valence electrons. The van der Waals surface area contributed by atoms with Gasteiger partial charge in [0.2, 0.25) is 5.88 Å². The van der Waals surface area contributed by atoms with Gasteiger partial charge in [-0.3, -0.25) is 10.2 Å². The van der Waals surface area contributed by atoms with E-state index in [1.54, 1.807) is 55.6 Å². The number of methoxy groups -OCH3 is 1. The Morgan fingerprint density at radius 3 is 2.59 bits per heavy atom. The number of carbonyl (C=O) groups excluding carboxylic acids is 2. The van der Waals surface area contributed by atoms with E-state index in [0.717, 1.165) is 19.5 Å². The molecule has 1 fully saturated rings. The molecule has 1 atom stereocenters. The van der Waals surface area contributed by atoms with Crippen molar-refractivity contribution in [1.29, 1.82) is 0 Å². The minimum Gasteiger partial charge on any atom is -0.488 e. The van der Waals surface area contributed by atoms with E-state index in [1.807, 2.05) is 6.92 Å². The van der Waals surface area contributed by atoms with Gasteiger partial charge in [0, 0.05) is 57.9 Å². The third-order valence-electron chi connectivity index (χ3n) is 4.92. The van der Waals surface area contributed by atoms with Crippen LogP contribution in [0.25, 0.3) is 0 Å². The van der Waals surface area contributed by atoms with E-state index in [0.29, 0.717) is 23.7 Å². The predicted molar refractivity (Wildman–Crippen MR) is 126 cm³/mol. The lowest BCUT2D eigenvalue weighted by atomic mass is 10.1. The molecule has 2 heterocycles. The molecule has 1 saturated heterocycles. The number of carbonyl (C=O) groups is 2. The topological polar surface area (TPSA) is 128 Å². The van der Waals surface area contributed by atoms with Gasteiger partial charge < -0.3 is 24.4 Å². The molecule has 0 unspecified atom stereocenters. The summed E-state index contributed by atoms with van der Waals surface area (Å²) in [5, 5.41) is 11.2. The van der Waals surface area contributed by atoms with E-state index in [9.17, 15) is 9.59 Å². The van der Waals surface area contributed by atoms with Crippen LogP contribution in [0.2, 0.25) is 0 Å². The Kier molecular flexibility index (Phi) is 8.58. The van der Waals surface area contributed by atoms with Crippen LogP contribution in [0, 0.1) is 0 Å². The highest BCUT2D eigenvalue weighted by Crippen LogP contribution is 2.28. The summed E-state index contributed by atoms with van der Waals surface area (Å²) in [4.78, 5) is 31.1. The molecule has 2 amide bonds. The number of nitrogens with zero attached hydrogens (tertiary/aromatic N) is 2. The molecule has 34 heavy (non-hydrogen) atoms. The molecule has 0 radical (unpaired) electrons. The molecular weight excluding hydrogens is 438 g/mol. The molecule has 1 aliphatic heterocycles. The fourth-order valence-corrected chi connectivity index (χ4v) is 3.14. The van der Waals surface area contributed by atoms with Gasteiger partial charge in [0.1, 0.15) is 17.6 Å². The minimum absolute atomic E-state index is 0.0482. The normalized spacial score (nSPS) is 13.7. The molecule has 4 N–H and O–H groups in total. The third kappa shape index (κ3) is 6.79. The second-order valence-electron chi connectivity index (χ2n) is 7.74. The van der Waals surface area contributed by atoms with Crippen molar-refractivity contribution >= 4 is 17.6 Å². The average molecular weight is 469 g/mol. The van der Waals surface area contributed by atoms with Crippen LogP contribution in [0.1, 0.15) is 34.1 Å². The summed E-state index contributed by atoms with van der Waals surface area (Å²) < 4.78 is 16.9. The zero-order valence-corrected chi connectivity index (χ0v) is 19.5. The number of pyridine rings is 1. The summed E-state index contributed by atoms with van der Waals surface area (Å²) in [6, 6.07) is 8.08. The first kappa shape index (κ1) is 24.7. The Hall–Kier alpha value is -3.92. The van der Waals surface area contributed by atoms with Crippen molar-refractivity contribution in [3.8, 4) is 17.4 Å². The molecule has 1 aromatic heterocycles. The summed E-state index contributed by atoms with van der Waals surface area (Å²) in [5.74, 6) is 0.720. The summed E-state index contributed by atoms with van der Waals surface area (Å²) in [6.45, 7) is 3.75. The number of amidine groups is 1. The van der Waals surface area contributed by atoms with Crippen molar-refractivity contribution in [2.24, 2.45) is 0 Å². The van der Waals surface area contributed by atoms with Crippen LogP contribution in [0.4, 0.5) is 0 Å². The highest BCUT2D eigenvalue weighted by atomic mass is 16.5. The molecule has 3 rings (SSSR count). The van der Waals surface area contributed by atoms with Crippen molar-refractivity contribution in [3.05, 3.63) is 59.9 Å². The van der Waals surface area contributed by atoms with E-state index < -0.39 is 5.91 Å². The molecule has 1 aromatic carbocycles. The lowest BCUT2D eigenvalue weighted by molar-refractivity contribution is -0.115. The zero-order chi connectivity index (χ0) is 24.5. The first-order valence-electron chi connectivity index (χ1n) is 10.9. The van der Waals surface area contributed by atoms with E-state index in [-0.39, 0.29) is 29.3 Å². The quantitative estimate of drug-likeness (QED) is 0.347. The van der Waals surface area contributed by atoms with Crippen molar-refractivity contribution < 1.29 is 29.2 Å². The number of benzene rings is 1. The number of amides is 2. The van der Waals surface area contributed by atoms with Crippen LogP contribution < -0.4 is 25.5 Å². The lowest BCUT2D eigenvalue weighted by Crippen LogP contribution is -2.49. The standard InChI is InChI=1S/C24H29N5O5/c1-16(15-32-3)33-19-11-18(23(30)28-21(25)7-8-26-2)12-20(13-19)34-22-6-5-17(14-27-22)24(31)29-9-4-10-29/h5-8,11-14,16,26H,4,9-10,15H2,1-3H3,(H2,25,28,30)/p+1/b8-7-/t16-/m0/s1. The van der Waals surface area contributed by atoms with Gasteiger partial charge in [-0.1, -0.05) is 0 Å². The number of hydrogen-bond donors (Lipinski definition) is 3. The first-order chi connectivity index (χ1) is 16.4. The van der Waals surface area contributed by atoms with Crippen LogP contribution in [0.5, 0.6) is 17.4 Å². The molecule has 0 spiro atoms. The Bertz CT molecular complexity index is 1050. The van der Waals surface area contributed by atoms with Crippen LogP contribution in [-0.4, -0.2) is 67.5 Å². The SMILES string of the molecule is CN/C=C\C(=[NH2+])NC(=O)c1cc(Oc2ccc(C(=O)N3CCC3)cn2)cc(O[C@@H](C)COC)c1. The molecule has 2 aromatic rings. The van der Waals surface area contributed by atoms with Gasteiger partial charge in [-0.25, -0.2) is 15.1 Å². The number of rotatable bonds is 10. The number of hydrogen-bond acceptors (Lipinski definition) is 7. The van der Waals surface area contributed by atoms with Gasteiger partial charge in [-0.2, -0.15) is 0 Å². The number of likely N-dealkylation sites (tertiary alicyclic amines) is 1. The number of nitrogens with one attached hydrogen (secondary N) is 2. The lowest BCUT2D eigenvalue weighted by Gasteiger charge is -2.30. The zero-order valence-electron chi connectivity index (χ0n) is 19.5. The van der Waals surface area contributed by atoms with Gasteiger partial charge >= 0.3 is 5.91 Å². The Labute approximate surface area is 198 Å². The number of aromatic nitrogens is 1. The van der Waals surface area contributed by atoms with Gasteiger partial charge in [-0.15, -0.1) is 0 Å². The predicted octanol–water partition coefficient (Wildman–Crippen LogP) is 0.754. The Morgan fingerprint density at radius 1 is 1.21 bits per heavy atom. The maximum atomic E-state index is 12.7. The second-order valence-corrected chi connectivity index (χ2v) is 7.74. The van der Waals surface area contributed by atoms with Crippen LogP contribution >= 0.6 is 0 Å². The Morgan fingerprint density at radius 2 is 1.97 bits per heavy atom. The summed E-state index contributed by atoms with van der Waals surface area (Å²) >= 11 is 0. The molecule has 0 aliphatic carbocycles. The van der Waals surface area contributed by atoms with Gasteiger partial charge in [0.15, 0.2) is 0 Å². The van der Waals surface area contributed by atoms with Crippen molar-refractivity contribution in [2.75, 3.05) is 33.9 Å². The van der Waals surface area contributed by atoms with Crippen LogP contribution in [0.15, 0.2) is 48.8 Å². The molecule has 1 aliphatic rings. The van der Waals surface area contributed by atoms with Crippen molar-refractivity contribution in [2.45, 2.75) is 19.4 Å². The highest BCUT2D eigenvalue weighted by molar-refractivity contribution is 6.08. The van der Waals surface area contributed by atoms with E-state index in [4.69, 9.17) is 19.6 Å². The fraction of sp³-hybridized carbons (Fsp3) is 0.333. The minimum atomic E-state index is -0.434. The number of ether oxygens (including phenoxy) is 3. The molecule has 10 nitrogen and oxygen atoms in total. The van der Waals surface area contributed by atoms with Gasteiger partial charge in [0.05, 0.1) is 17.7 Å². The molecule has 10 heteroatoms. The summed E-state index contributed by atoms with van der Waals surface area (Å²) in [7, 11) is 3.30. The van der Waals surface area contributed by atoms with Crippen LogP contribution in [-0.2, 0) is 4.74 Å². The maximum Gasteiger partial charge on any atom is 0.339 e. The summed E-state index contributed by atoms with van der Waals surface area (Å²) in [6.07, 6.45) is 5.37. The maximum absolute atomic E-state index is 12.7. The molecule has 0 bridgehead atoms. The first-order valence-corrected chi connectivity index (χ1v) is 10.9. The average Bonchev–Trinajstić information content (AvgIpc) is 2.77. The smallest absolute Gasteiger partial charge is 0.339 e. The monoisotopic (exact) mass is 468 g/mol. The summed E-state index contributed by atoms with van der Waals surface area (Å²) in [5.41, 5.74) is 0.778. The van der Waals surface area contributed by atoms with Gasteiger partial charge in [0.25, 0.3) is 11.7 Å². The number of nitrogens with two attached hydrogens (primary N) is 1. The van der Waals surface area contributed by atoms with Crippen molar-refractivity contribution in [1.82, 2.24) is 20.5 Å². The molecular formula is C24H30N5O5+. The van der Waals surface area contributed by atoms with E-state index in [1.165, 1.54) is 12.3 Å². The molecule has 0 saturated carbocycles. The van der Waals surface area contributed by atoms with E-state index >= 15 is 0 Å². The van der Waals surface area contributed by atoms with E-state index in [2.05, 4.69) is 15.6 Å². The highest BCUT2D eigenvalue weighted by Gasteiger charge is 2.22. The largest absolute Gasteiger partial charge is 0.488 e. The van der Waals surface area contributed by atoms with Gasteiger partial charge in [-0.05, 0) is 31.5 Å². The third-order valence-corrected chi connectivity index (χ3v) is 4.92.